The van der Waals surface area contributed by atoms with Crippen molar-refractivity contribution < 1.29 is 4.79 Å². The van der Waals surface area contributed by atoms with Gasteiger partial charge in [0.2, 0.25) is 5.91 Å². The molecule has 0 aromatic heterocycles. The number of likely N-dealkylation sites (tertiary alicyclic amines) is 1. The van der Waals surface area contributed by atoms with Crippen LogP contribution in [0.15, 0.2) is 24.3 Å². The summed E-state index contributed by atoms with van der Waals surface area (Å²) in [5, 5.41) is 0. The van der Waals surface area contributed by atoms with E-state index in [2.05, 4.69) is 38.1 Å². The van der Waals surface area contributed by atoms with Crippen molar-refractivity contribution in [1.82, 2.24) is 4.90 Å². The molecular weight excluding hydrogens is 234 g/mol. The molecule has 0 radical (unpaired) electrons. The first-order chi connectivity index (χ1) is 9.11. The van der Waals surface area contributed by atoms with Gasteiger partial charge in [-0.1, -0.05) is 45.0 Å². The van der Waals surface area contributed by atoms with Gasteiger partial charge in [0, 0.05) is 19.5 Å². The summed E-state index contributed by atoms with van der Waals surface area (Å²) in [7, 11) is 0. The van der Waals surface area contributed by atoms with E-state index in [9.17, 15) is 4.79 Å². The molecule has 0 aliphatic carbocycles. The largest absolute Gasteiger partial charge is 0.343 e. The first-order valence-corrected chi connectivity index (χ1v) is 7.49. The lowest BCUT2D eigenvalue weighted by Gasteiger charge is -2.32. The third-order valence-electron chi connectivity index (χ3n) is 4.22. The summed E-state index contributed by atoms with van der Waals surface area (Å²) in [6, 6.07) is 9.06. The quantitative estimate of drug-likeness (QED) is 0.805. The van der Waals surface area contributed by atoms with E-state index in [0.29, 0.717) is 24.2 Å². The lowest BCUT2D eigenvalue weighted by Crippen LogP contribution is -2.37. The topological polar surface area (TPSA) is 20.3 Å². The van der Waals surface area contributed by atoms with Gasteiger partial charge in [-0.2, -0.15) is 0 Å². The number of carbonyl (C=O) groups excluding carboxylic acids is 1. The summed E-state index contributed by atoms with van der Waals surface area (Å²) < 4.78 is 0. The summed E-state index contributed by atoms with van der Waals surface area (Å²) in [4.78, 5) is 13.7. The van der Waals surface area contributed by atoms with Crippen LogP contribution in [0.25, 0.3) is 0 Å². The van der Waals surface area contributed by atoms with E-state index in [0.717, 1.165) is 25.9 Å². The summed E-state index contributed by atoms with van der Waals surface area (Å²) in [5.74, 6) is 1.52. The average Bonchev–Trinajstić information content (AvgIpc) is 2.46. The highest BCUT2D eigenvalue weighted by Crippen LogP contribution is 2.29. The van der Waals surface area contributed by atoms with E-state index >= 15 is 0 Å². The number of hydrogen-bond acceptors (Lipinski definition) is 1. The van der Waals surface area contributed by atoms with E-state index in [-0.39, 0.29) is 0 Å². The molecule has 1 aromatic rings. The van der Waals surface area contributed by atoms with E-state index in [1.54, 1.807) is 0 Å². The maximum atomic E-state index is 11.7. The number of amides is 1. The highest BCUT2D eigenvalue weighted by molar-refractivity contribution is 5.75. The van der Waals surface area contributed by atoms with Gasteiger partial charge in [-0.3, -0.25) is 4.79 Å². The van der Waals surface area contributed by atoms with Crippen LogP contribution in [0.1, 0.15) is 63.0 Å². The van der Waals surface area contributed by atoms with Crippen LogP contribution in [0, 0.1) is 0 Å². The number of benzene rings is 1. The zero-order chi connectivity index (χ0) is 13.8. The van der Waals surface area contributed by atoms with Gasteiger partial charge < -0.3 is 4.90 Å². The zero-order valence-corrected chi connectivity index (χ0v) is 12.4. The molecule has 0 bridgehead atoms. The lowest BCUT2D eigenvalue weighted by atomic mass is 9.88. The number of carbonyl (C=O) groups is 1. The van der Waals surface area contributed by atoms with E-state index in [1.807, 2.05) is 11.8 Å². The maximum absolute atomic E-state index is 11.7. The highest BCUT2D eigenvalue weighted by atomic mass is 16.2. The summed E-state index contributed by atoms with van der Waals surface area (Å²) >= 11 is 0. The van der Waals surface area contributed by atoms with Gasteiger partial charge in [0.15, 0.2) is 0 Å². The number of piperidine rings is 1. The second-order valence-electron chi connectivity index (χ2n) is 5.83. The molecule has 0 N–H and O–H groups in total. The van der Waals surface area contributed by atoms with Gasteiger partial charge in [0.25, 0.3) is 0 Å². The molecule has 104 valence electrons. The second kappa shape index (κ2) is 6.23. The molecule has 1 amide bonds. The van der Waals surface area contributed by atoms with Crippen molar-refractivity contribution in [3.63, 3.8) is 0 Å². The van der Waals surface area contributed by atoms with Crippen molar-refractivity contribution in [2.45, 2.75) is 51.9 Å². The fraction of sp³-hybridized carbons (Fsp3) is 0.588. The van der Waals surface area contributed by atoms with Crippen LogP contribution in [-0.2, 0) is 4.79 Å². The molecule has 1 heterocycles. The highest BCUT2D eigenvalue weighted by Gasteiger charge is 2.22. The molecule has 2 heteroatoms. The Labute approximate surface area is 116 Å². The Hall–Kier alpha value is -1.31. The Bertz CT molecular complexity index is 413. The fourth-order valence-corrected chi connectivity index (χ4v) is 2.84. The standard InChI is InChI=1S/C17H25NO/c1-4-17(19)18-11-9-16(10-12-18)15-7-5-14(6-8-15)13(2)3/h5-8,13,16H,4,9-12H2,1-3H3. The predicted molar refractivity (Wildman–Crippen MR) is 79.4 cm³/mol. The Balaban J connectivity index is 1.96. The molecule has 2 rings (SSSR count). The van der Waals surface area contributed by atoms with Crippen LogP contribution < -0.4 is 0 Å². The van der Waals surface area contributed by atoms with Gasteiger partial charge in [-0.05, 0) is 35.8 Å². The van der Waals surface area contributed by atoms with E-state index in [1.165, 1.54) is 11.1 Å². The third-order valence-corrected chi connectivity index (χ3v) is 4.22. The van der Waals surface area contributed by atoms with Crippen LogP contribution in [0.5, 0.6) is 0 Å². The van der Waals surface area contributed by atoms with Crippen LogP contribution in [-0.4, -0.2) is 23.9 Å². The second-order valence-corrected chi connectivity index (χ2v) is 5.83. The van der Waals surface area contributed by atoms with Gasteiger partial charge >= 0.3 is 0 Å². The van der Waals surface area contributed by atoms with Crippen LogP contribution in [0.3, 0.4) is 0 Å². The number of hydrogen-bond donors (Lipinski definition) is 0. The maximum Gasteiger partial charge on any atom is 0.222 e. The first kappa shape index (κ1) is 14.1. The Morgan fingerprint density at radius 1 is 1.21 bits per heavy atom. The molecule has 1 aromatic carbocycles. The molecule has 1 aliphatic rings. The van der Waals surface area contributed by atoms with E-state index in [4.69, 9.17) is 0 Å². The van der Waals surface area contributed by atoms with Crippen LogP contribution >= 0.6 is 0 Å². The van der Waals surface area contributed by atoms with Gasteiger partial charge in [0.05, 0.1) is 0 Å². The predicted octanol–water partition coefficient (Wildman–Crippen LogP) is 3.93. The molecule has 0 unspecified atom stereocenters. The zero-order valence-electron chi connectivity index (χ0n) is 12.4. The molecule has 0 saturated carbocycles. The van der Waals surface area contributed by atoms with Crippen molar-refractivity contribution >= 4 is 5.91 Å². The minimum Gasteiger partial charge on any atom is -0.343 e. The van der Waals surface area contributed by atoms with Crippen molar-refractivity contribution in [1.29, 1.82) is 0 Å². The van der Waals surface area contributed by atoms with Crippen LogP contribution in [0.4, 0.5) is 0 Å². The molecule has 2 nitrogen and oxygen atoms in total. The smallest absolute Gasteiger partial charge is 0.222 e. The minimum absolute atomic E-state index is 0.300. The first-order valence-electron chi connectivity index (χ1n) is 7.49. The number of nitrogens with zero attached hydrogens (tertiary/aromatic N) is 1. The Morgan fingerprint density at radius 2 is 1.79 bits per heavy atom. The molecular formula is C17H25NO. The van der Waals surface area contributed by atoms with Crippen LogP contribution in [0.2, 0.25) is 0 Å². The third kappa shape index (κ3) is 3.37. The normalized spacial score (nSPS) is 16.9. The molecule has 0 atom stereocenters. The molecule has 1 fully saturated rings. The monoisotopic (exact) mass is 259 g/mol. The molecule has 1 saturated heterocycles. The van der Waals surface area contributed by atoms with Crippen molar-refractivity contribution in [2.24, 2.45) is 0 Å². The molecule has 19 heavy (non-hydrogen) atoms. The average molecular weight is 259 g/mol. The molecule has 0 spiro atoms. The number of rotatable bonds is 3. The Morgan fingerprint density at radius 3 is 2.26 bits per heavy atom. The van der Waals surface area contributed by atoms with E-state index < -0.39 is 0 Å². The van der Waals surface area contributed by atoms with Gasteiger partial charge in [-0.15, -0.1) is 0 Å². The van der Waals surface area contributed by atoms with Crippen molar-refractivity contribution in [2.75, 3.05) is 13.1 Å². The Kier molecular flexibility index (Phi) is 4.62. The van der Waals surface area contributed by atoms with Gasteiger partial charge in [-0.25, -0.2) is 0 Å². The van der Waals surface area contributed by atoms with Crippen molar-refractivity contribution in [3.8, 4) is 0 Å². The summed E-state index contributed by atoms with van der Waals surface area (Å²) in [5.41, 5.74) is 2.84. The summed E-state index contributed by atoms with van der Waals surface area (Å²) in [6.07, 6.45) is 2.84. The lowest BCUT2D eigenvalue weighted by molar-refractivity contribution is -0.131. The van der Waals surface area contributed by atoms with Gasteiger partial charge in [0.1, 0.15) is 0 Å². The fourth-order valence-electron chi connectivity index (χ4n) is 2.84. The minimum atomic E-state index is 0.300. The SMILES string of the molecule is CCC(=O)N1CCC(c2ccc(C(C)C)cc2)CC1. The van der Waals surface area contributed by atoms with Crippen molar-refractivity contribution in [3.05, 3.63) is 35.4 Å². The summed E-state index contributed by atoms with van der Waals surface area (Å²) in [6.45, 7) is 8.24. The molecule has 1 aliphatic heterocycles.